The van der Waals surface area contributed by atoms with Gasteiger partial charge in [-0.2, -0.15) is 0 Å². The molecule has 0 amide bonds. The van der Waals surface area contributed by atoms with Gasteiger partial charge in [0, 0.05) is 11.4 Å². The van der Waals surface area contributed by atoms with Crippen molar-refractivity contribution in [3.8, 4) is 11.5 Å². The van der Waals surface area contributed by atoms with Crippen molar-refractivity contribution < 1.29 is 14.1 Å². The zero-order valence-corrected chi connectivity index (χ0v) is 11.4. The highest BCUT2D eigenvalue weighted by Crippen LogP contribution is 2.35. The van der Waals surface area contributed by atoms with Crippen molar-refractivity contribution in [1.82, 2.24) is 0 Å². The van der Waals surface area contributed by atoms with Gasteiger partial charge in [-0.25, -0.2) is 4.39 Å². The average Bonchev–Trinajstić information content (AvgIpc) is 2.40. The lowest BCUT2D eigenvalue weighted by Gasteiger charge is -2.09. The lowest BCUT2D eigenvalue weighted by Crippen LogP contribution is -1.97. The molecule has 0 atom stereocenters. The first kappa shape index (κ1) is 14.3. The van der Waals surface area contributed by atoms with E-state index in [1.165, 1.54) is 18.2 Å². The summed E-state index contributed by atoms with van der Waals surface area (Å²) >= 11 is 5.60. The van der Waals surface area contributed by atoms with Crippen LogP contribution in [0.5, 0.6) is 11.5 Å². The Labute approximate surface area is 119 Å². The van der Waals surface area contributed by atoms with Crippen LogP contribution in [0, 0.1) is 22.9 Å². The van der Waals surface area contributed by atoms with Crippen molar-refractivity contribution in [2.45, 2.75) is 12.8 Å². The minimum atomic E-state index is -0.612. The van der Waals surface area contributed by atoms with Gasteiger partial charge >= 0.3 is 5.69 Å². The summed E-state index contributed by atoms with van der Waals surface area (Å²) in [4.78, 5) is 10.5. The Bertz CT molecular complexity index is 661. The van der Waals surface area contributed by atoms with Crippen LogP contribution in [-0.2, 0) is 5.88 Å². The molecule has 0 spiro atoms. The van der Waals surface area contributed by atoms with Crippen LogP contribution in [0.1, 0.15) is 11.1 Å². The number of hydrogen-bond acceptors (Lipinski definition) is 3. The van der Waals surface area contributed by atoms with E-state index in [9.17, 15) is 14.5 Å². The Kier molecular flexibility index (Phi) is 4.20. The highest BCUT2D eigenvalue weighted by atomic mass is 35.5. The van der Waals surface area contributed by atoms with Gasteiger partial charge in [-0.1, -0.05) is 18.2 Å². The third-order valence-corrected chi connectivity index (χ3v) is 3.06. The third kappa shape index (κ3) is 2.88. The number of rotatable bonds is 4. The fourth-order valence-electron chi connectivity index (χ4n) is 1.78. The Morgan fingerprint density at radius 3 is 2.65 bits per heavy atom. The maximum Gasteiger partial charge on any atom is 0.314 e. The number of alkyl halides is 1. The van der Waals surface area contributed by atoms with Crippen molar-refractivity contribution in [1.29, 1.82) is 0 Å². The molecule has 20 heavy (non-hydrogen) atoms. The first-order valence-electron chi connectivity index (χ1n) is 5.79. The SMILES string of the molecule is Cc1cccc(Oc2ccc(CCl)cc2F)c1[N+](=O)[O-]. The van der Waals surface area contributed by atoms with E-state index in [1.807, 2.05) is 0 Å². The molecule has 0 aliphatic rings. The fraction of sp³-hybridized carbons (Fsp3) is 0.143. The quantitative estimate of drug-likeness (QED) is 0.471. The predicted molar refractivity (Wildman–Crippen MR) is 73.9 cm³/mol. The topological polar surface area (TPSA) is 52.4 Å². The molecule has 6 heteroatoms. The Morgan fingerprint density at radius 2 is 2.05 bits per heavy atom. The number of nitro benzene ring substituents is 1. The van der Waals surface area contributed by atoms with Gasteiger partial charge < -0.3 is 4.74 Å². The van der Waals surface area contributed by atoms with Crippen molar-refractivity contribution in [2.75, 3.05) is 0 Å². The van der Waals surface area contributed by atoms with E-state index in [0.717, 1.165) is 0 Å². The van der Waals surface area contributed by atoms with Gasteiger partial charge in [0.2, 0.25) is 5.75 Å². The normalized spacial score (nSPS) is 10.3. The summed E-state index contributed by atoms with van der Waals surface area (Å²) in [5.74, 6) is -0.499. The molecular weight excluding hydrogens is 285 g/mol. The third-order valence-electron chi connectivity index (χ3n) is 2.75. The van der Waals surface area contributed by atoms with Crippen LogP contribution in [0.15, 0.2) is 36.4 Å². The minimum absolute atomic E-state index is 0.00697. The lowest BCUT2D eigenvalue weighted by atomic mass is 10.2. The molecule has 0 aliphatic heterocycles. The van der Waals surface area contributed by atoms with Crippen LogP contribution < -0.4 is 4.74 Å². The highest BCUT2D eigenvalue weighted by Gasteiger charge is 2.19. The molecule has 0 aromatic heterocycles. The Balaban J connectivity index is 2.40. The van der Waals surface area contributed by atoms with Crippen molar-refractivity contribution >= 4 is 17.3 Å². The number of halogens is 2. The number of nitro groups is 1. The summed E-state index contributed by atoms with van der Waals surface area (Å²) in [5, 5.41) is 11.0. The van der Waals surface area contributed by atoms with E-state index >= 15 is 0 Å². The van der Waals surface area contributed by atoms with E-state index in [4.69, 9.17) is 16.3 Å². The first-order chi connectivity index (χ1) is 9.52. The molecule has 0 bridgehead atoms. The summed E-state index contributed by atoms with van der Waals surface area (Å²) in [6.07, 6.45) is 0. The van der Waals surface area contributed by atoms with E-state index in [2.05, 4.69) is 0 Å². The largest absolute Gasteiger partial charge is 0.447 e. The number of ether oxygens (including phenoxy) is 1. The molecule has 2 aromatic carbocycles. The van der Waals surface area contributed by atoms with Crippen LogP contribution in [0.4, 0.5) is 10.1 Å². The van der Waals surface area contributed by atoms with Gasteiger partial charge in [0.15, 0.2) is 11.6 Å². The minimum Gasteiger partial charge on any atom is -0.447 e. The van der Waals surface area contributed by atoms with Gasteiger partial charge in [-0.15, -0.1) is 11.6 Å². The summed E-state index contributed by atoms with van der Waals surface area (Å²) in [7, 11) is 0. The fourth-order valence-corrected chi connectivity index (χ4v) is 1.94. The van der Waals surface area contributed by atoms with Crippen LogP contribution in [0.2, 0.25) is 0 Å². The molecular formula is C14H11ClFNO3. The summed E-state index contributed by atoms with van der Waals surface area (Å²) in [6.45, 7) is 1.60. The maximum absolute atomic E-state index is 13.8. The average molecular weight is 296 g/mol. The number of para-hydroxylation sites is 1. The molecule has 0 saturated heterocycles. The van der Waals surface area contributed by atoms with Crippen LogP contribution in [-0.4, -0.2) is 4.92 Å². The Morgan fingerprint density at radius 1 is 1.30 bits per heavy atom. The number of hydrogen-bond donors (Lipinski definition) is 0. The zero-order valence-electron chi connectivity index (χ0n) is 10.6. The molecule has 104 valence electrons. The van der Waals surface area contributed by atoms with Crippen molar-refractivity contribution in [3.63, 3.8) is 0 Å². The molecule has 0 unspecified atom stereocenters. The lowest BCUT2D eigenvalue weighted by molar-refractivity contribution is -0.386. The molecule has 0 radical (unpaired) electrons. The number of nitrogens with zero attached hydrogens (tertiary/aromatic N) is 1. The maximum atomic E-state index is 13.8. The van der Waals surface area contributed by atoms with Gasteiger partial charge in [0.1, 0.15) is 0 Å². The second kappa shape index (κ2) is 5.88. The van der Waals surface area contributed by atoms with Crippen molar-refractivity contribution in [2.24, 2.45) is 0 Å². The molecule has 0 aliphatic carbocycles. The summed E-state index contributed by atoms with van der Waals surface area (Å²) in [5.41, 5.74) is 0.883. The predicted octanol–water partition coefficient (Wildman–Crippen LogP) is 4.57. The molecule has 2 aromatic rings. The second-order valence-electron chi connectivity index (χ2n) is 4.18. The van der Waals surface area contributed by atoms with Gasteiger partial charge in [-0.05, 0) is 30.7 Å². The molecule has 2 rings (SSSR count). The number of aryl methyl sites for hydroxylation is 1. The van der Waals surface area contributed by atoms with E-state index in [-0.39, 0.29) is 23.1 Å². The molecule has 0 N–H and O–H groups in total. The smallest absolute Gasteiger partial charge is 0.314 e. The zero-order chi connectivity index (χ0) is 14.7. The number of benzene rings is 2. The molecule has 0 heterocycles. The van der Waals surface area contributed by atoms with Gasteiger partial charge in [0.05, 0.1) is 4.92 Å². The summed E-state index contributed by atoms with van der Waals surface area (Å²) < 4.78 is 19.1. The van der Waals surface area contributed by atoms with Gasteiger partial charge in [-0.3, -0.25) is 10.1 Å². The monoisotopic (exact) mass is 295 g/mol. The van der Waals surface area contributed by atoms with Gasteiger partial charge in [0.25, 0.3) is 0 Å². The Hall–Kier alpha value is -2.14. The molecule has 0 fully saturated rings. The van der Waals surface area contributed by atoms with Crippen LogP contribution in [0.3, 0.4) is 0 Å². The second-order valence-corrected chi connectivity index (χ2v) is 4.45. The highest BCUT2D eigenvalue weighted by molar-refractivity contribution is 6.17. The van der Waals surface area contributed by atoms with Crippen LogP contribution in [0.25, 0.3) is 0 Å². The van der Waals surface area contributed by atoms with Crippen LogP contribution >= 0.6 is 11.6 Å². The van der Waals surface area contributed by atoms with Crippen molar-refractivity contribution in [3.05, 3.63) is 63.5 Å². The molecule has 0 saturated carbocycles. The van der Waals surface area contributed by atoms with E-state index < -0.39 is 10.7 Å². The summed E-state index contributed by atoms with van der Waals surface area (Å²) in [6, 6.07) is 8.89. The standard InChI is InChI=1S/C14H11ClFNO3/c1-9-3-2-4-13(14(9)17(18)19)20-12-6-5-10(8-15)7-11(12)16/h2-7H,8H2,1H3. The first-order valence-corrected chi connectivity index (χ1v) is 6.32. The van der Waals surface area contributed by atoms with E-state index in [1.54, 1.807) is 25.1 Å². The van der Waals surface area contributed by atoms with E-state index in [0.29, 0.717) is 11.1 Å². The molecule has 4 nitrogen and oxygen atoms in total.